The maximum atomic E-state index is 13.0. The number of nitrogens with zero attached hydrogens (tertiary/aromatic N) is 2. The number of nitrogens with one attached hydrogen (secondary N) is 1. The van der Waals surface area contributed by atoms with Gasteiger partial charge in [-0.15, -0.1) is 0 Å². The third-order valence-corrected chi connectivity index (χ3v) is 3.64. The fourth-order valence-corrected chi connectivity index (χ4v) is 2.34. The van der Waals surface area contributed by atoms with Crippen molar-refractivity contribution in [1.82, 2.24) is 10.3 Å². The SMILES string of the molecule is CC1CCC(C#N)(NC(=O)c2cccc(F)n2)CC1. The van der Waals surface area contributed by atoms with Gasteiger partial charge in [-0.25, -0.2) is 4.98 Å². The molecule has 5 heteroatoms. The van der Waals surface area contributed by atoms with Crippen molar-refractivity contribution in [2.24, 2.45) is 5.92 Å². The quantitative estimate of drug-likeness (QED) is 0.831. The molecule has 0 bridgehead atoms. The molecule has 1 fully saturated rings. The van der Waals surface area contributed by atoms with Gasteiger partial charge in [0, 0.05) is 0 Å². The smallest absolute Gasteiger partial charge is 0.271 e. The van der Waals surface area contributed by atoms with Gasteiger partial charge in [-0.1, -0.05) is 13.0 Å². The predicted octanol–water partition coefficient (Wildman–Crippen LogP) is 2.42. The molecule has 1 aromatic heterocycles. The number of halogens is 1. The maximum absolute atomic E-state index is 13.0. The van der Waals surface area contributed by atoms with Gasteiger partial charge in [0.05, 0.1) is 6.07 Å². The highest BCUT2D eigenvalue weighted by Crippen LogP contribution is 2.31. The maximum Gasteiger partial charge on any atom is 0.271 e. The zero-order valence-corrected chi connectivity index (χ0v) is 10.8. The summed E-state index contributed by atoms with van der Waals surface area (Å²) < 4.78 is 13.0. The third kappa shape index (κ3) is 3.08. The van der Waals surface area contributed by atoms with Crippen molar-refractivity contribution in [3.8, 4) is 6.07 Å². The molecule has 0 atom stereocenters. The normalized spacial score (nSPS) is 26.5. The minimum absolute atomic E-state index is 0.00764. The molecular formula is C14H16FN3O. The van der Waals surface area contributed by atoms with E-state index in [1.165, 1.54) is 18.2 Å². The molecule has 0 unspecified atom stereocenters. The number of carbonyl (C=O) groups is 1. The summed E-state index contributed by atoms with van der Waals surface area (Å²) in [5, 5.41) is 12.0. The van der Waals surface area contributed by atoms with E-state index in [0.717, 1.165) is 12.8 Å². The standard InChI is InChI=1S/C14H16FN3O/c1-10-5-7-14(9-16,8-6-10)18-13(19)11-3-2-4-12(15)17-11/h2-4,10H,5-8H2,1H3,(H,18,19). The van der Waals surface area contributed by atoms with Crippen LogP contribution < -0.4 is 5.32 Å². The monoisotopic (exact) mass is 261 g/mol. The summed E-state index contributed by atoms with van der Waals surface area (Å²) in [6.07, 6.45) is 3.08. The van der Waals surface area contributed by atoms with Gasteiger partial charge in [0.2, 0.25) is 5.95 Å². The summed E-state index contributed by atoms with van der Waals surface area (Å²) in [6, 6.07) is 6.25. The van der Waals surface area contributed by atoms with E-state index in [2.05, 4.69) is 23.3 Å². The number of rotatable bonds is 2. The highest BCUT2D eigenvalue weighted by Gasteiger charge is 2.36. The van der Waals surface area contributed by atoms with Gasteiger partial charge in [0.15, 0.2) is 0 Å². The van der Waals surface area contributed by atoms with Gasteiger partial charge in [-0.05, 0) is 43.7 Å². The second kappa shape index (κ2) is 5.35. The average Bonchev–Trinajstić information content (AvgIpc) is 2.42. The highest BCUT2D eigenvalue weighted by atomic mass is 19.1. The van der Waals surface area contributed by atoms with Crippen LogP contribution in [0, 0.1) is 23.2 Å². The van der Waals surface area contributed by atoms with E-state index >= 15 is 0 Å². The molecule has 1 aliphatic carbocycles. The van der Waals surface area contributed by atoms with E-state index in [1.54, 1.807) is 0 Å². The van der Waals surface area contributed by atoms with Crippen LogP contribution in [0.5, 0.6) is 0 Å². The van der Waals surface area contributed by atoms with E-state index in [1.807, 2.05) is 0 Å². The number of nitriles is 1. The average molecular weight is 261 g/mol. The summed E-state index contributed by atoms with van der Waals surface area (Å²) in [4.78, 5) is 15.6. The van der Waals surface area contributed by atoms with Gasteiger partial charge in [-0.2, -0.15) is 9.65 Å². The van der Waals surface area contributed by atoms with E-state index < -0.39 is 17.4 Å². The molecule has 1 aromatic rings. The number of amides is 1. The second-order valence-electron chi connectivity index (χ2n) is 5.18. The Hall–Kier alpha value is -1.96. The molecule has 0 aliphatic heterocycles. The highest BCUT2D eigenvalue weighted by molar-refractivity contribution is 5.93. The van der Waals surface area contributed by atoms with Crippen LogP contribution in [0.3, 0.4) is 0 Å². The van der Waals surface area contributed by atoms with Crippen LogP contribution >= 0.6 is 0 Å². The summed E-state index contributed by atoms with van der Waals surface area (Å²) in [7, 11) is 0. The Kier molecular flexibility index (Phi) is 3.79. The number of hydrogen-bond donors (Lipinski definition) is 1. The Morgan fingerprint density at radius 1 is 1.53 bits per heavy atom. The first kappa shape index (κ1) is 13.5. The van der Waals surface area contributed by atoms with Crippen molar-refractivity contribution in [2.75, 3.05) is 0 Å². The predicted molar refractivity (Wildman–Crippen MR) is 67.6 cm³/mol. The van der Waals surface area contributed by atoms with Crippen molar-refractivity contribution >= 4 is 5.91 Å². The van der Waals surface area contributed by atoms with Crippen molar-refractivity contribution in [1.29, 1.82) is 5.26 Å². The molecule has 0 spiro atoms. The van der Waals surface area contributed by atoms with E-state index in [0.29, 0.717) is 18.8 Å². The lowest BCUT2D eigenvalue weighted by molar-refractivity contribution is 0.0887. The molecule has 1 aliphatic rings. The summed E-state index contributed by atoms with van der Waals surface area (Å²) in [6.45, 7) is 2.14. The minimum Gasteiger partial charge on any atom is -0.332 e. The fourth-order valence-electron chi connectivity index (χ4n) is 2.34. The summed E-state index contributed by atoms with van der Waals surface area (Å²) in [5.41, 5.74) is -0.828. The van der Waals surface area contributed by atoms with Gasteiger partial charge in [0.1, 0.15) is 11.2 Å². The van der Waals surface area contributed by atoms with Gasteiger partial charge < -0.3 is 5.32 Å². The first-order chi connectivity index (χ1) is 9.04. The molecule has 1 amide bonds. The topological polar surface area (TPSA) is 65.8 Å². The van der Waals surface area contributed by atoms with Crippen LogP contribution in [0.2, 0.25) is 0 Å². The van der Waals surface area contributed by atoms with Crippen LogP contribution in [0.1, 0.15) is 43.1 Å². The molecular weight excluding hydrogens is 245 g/mol. The number of aromatic nitrogens is 1. The molecule has 1 heterocycles. The van der Waals surface area contributed by atoms with Crippen LogP contribution in [0.15, 0.2) is 18.2 Å². The van der Waals surface area contributed by atoms with Gasteiger partial charge in [0.25, 0.3) is 5.91 Å². The van der Waals surface area contributed by atoms with Crippen molar-refractivity contribution < 1.29 is 9.18 Å². The Morgan fingerprint density at radius 3 is 2.79 bits per heavy atom. The molecule has 100 valence electrons. The van der Waals surface area contributed by atoms with Crippen molar-refractivity contribution in [2.45, 2.75) is 38.1 Å². The zero-order valence-electron chi connectivity index (χ0n) is 10.8. The second-order valence-corrected chi connectivity index (χ2v) is 5.18. The Bertz CT molecular complexity index is 516. The summed E-state index contributed by atoms with van der Waals surface area (Å²) >= 11 is 0. The van der Waals surface area contributed by atoms with E-state index in [-0.39, 0.29) is 5.69 Å². The molecule has 19 heavy (non-hydrogen) atoms. The van der Waals surface area contributed by atoms with Crippen LogP contribution in [-0.4, -0.2) is 16.4 Å². The fraction of sp³-hybridized carbons (Fsp3) is 0.500. The summed E-state index contributed by atoms with van der Waals surface area (Å²) in [5.74, 6) is -0.614. The third-order valence-electron chi connectivity index (χ3n) is 3.64. The van der Waals surface area contributed by atoms with Crippen molar-refractivity contribution in [3.05, 3.63) is 29.8 Å². The molecule has 0 saturated heterocycles. The molecule has 1 saturated carbocycles. The zero-order chi connectivity index (χ0) is 13.9. The largest absolute Gasteiger partial charge is 0.332 e. The van der Waals surface area contributed by atoms with Crippen LogP contribution in [-0.2, 0) is 0 Å². The first-order valence-corrected chi connectivity index (χ1v) is 6.41. The van der Waals surface area contributed by atoms with E-state index in [9.17, 15) is 14.4 Å². The van der Waals surface area contributed by atoms with Gasteiger partial charge >= 0.3 is 0 Å². The number of carbonyl (C=O) groups excluding carboxylic acids is 1. The lowest BCUT2D eigenvalue weighted by Gasteiger charge is -2.34. The lowest BCUT2D eigenvalue weighted by atomic mass is 9.78. The Morgan fingerprint density at radius 2 is 2.21 bits per heavy atom. The molecule has 2 rings (SSSR count). The molecule has 0 aromatic carbocycles. The lowest BCUT2D eigenvalue weighted by Crippen LogP contribution is -2.49. The minimum atomic E-state index is -0.836. The Balaban J connectivity index is 2.11. The van der Waals surface area contributed by atoms with E-state index in [4.69, 9.17) is 0 Å². The number of hydrogen-bond acceptors (Lipinski definition) is 3. The Labute approximate surface area is 111 Å². The molecule has 1 N–H and O–H groups in total. The first-order valence-electron chi connectivity index (χ1n) is 6.41. The van der Waals surface area contributed by atoms with Crippen molar-refractivity contribution in [3.63, 3.8) is 0 Å². The molecule has 0 radical (unpaired) electrons. The van der Waals surface area contributed by atoms with Crippen LogP contribution in [0.4, 0.5) is 4.39 Å². The number of pyridine rings is 1. The van der Waals surface area contributed by atoms with Gasteiger partial charge in [-0.3, -0.25) is 4.79 Å². The molecule has 4 nitrogen and oxygen atoms in total. The van der Waals surface area contributed by atoms with Crippen LogP contribution in [0.25, 0.3) is 0 Å².